The number of nitrogens with one attached hydrogen (secondary N) is 2. The fourth-order valence-electron chi connectivity index (χ4n) is 2.87. The maximum atomic E-state index is 11.9. The van der Waals surface area contributed by atoms with Crippen molar-refractivity contribution in [2.75, 3.05) is 13.7 Å². The highest BCUT2D eigenvalue weighted by molar-refractivity contribution is 7.71. The van der Waals surface area contributed by atoms with E-state index in [4.69, 9.17) is 22.1 Å². The van der Waals surface area contributed by atoms with Crippen LogP contribution in [-0.4, -0.2) is 67.5 Å². The Kier molecular flexibility index (Phi) is 4.95. The predicted molar refractivity (Wildman–Crippen MR) is 82.8 cm³/mol. The van der Waals surface area contributed by atoms with Gasteiger partial charge in [0.1, 0.15) is 12.2 Å². The minimum Gasteiger partial charge on any atom is -0.481 e. The fourth-order valence-corrected chi connectivity index (χ4v) is 3.19. The van der Waals surface area contributed by atoms with Gasteiger partial charge in [0, 0.05) is 11.8 Å². The first-order chi connectivity index (χ1) is 11.1. The van der Waals surface area contributed by atoms with Crippen molar-refractivity contribution in [1.29, 1.82) is 0 Å². The number of hydrogen-bond acceptors (Lipinski definition) is 8. The quantitative estimate of drug-likeness (QED) is 0.254. The Labute approximate surface area is 141 Å². The van der Waals surface area contributed by atoms with Crippen LogP contribution in [0, 0.1) is 4.77 Å². The van der Waals surface area contributed by atoms with Gasteiger partial charge in [0.05, 0.1) is 13.0 Å². The fraction of sp³-hybridized carbons (Fsp3) is 0.615. The van der Waals surface area contributed by atoms with E-state index in [-0.39, 0.29) is 10.3 Å². The molecule has 10 nitrogen and oxygen atoms in total. The number of aromatic nitrogens is 2. The minimum absolute atomic E-state index is 0.110. The van der Waals surface area contributed by atoms with E-state index in [1.54, 1.807) is 0 Å². The second kappa shape index (κ2) is 6.35. The van der Waals surface area contributed by atoms with Crippen LogP contribution >= 0.6 is 12.2 Å². The summed E-state index contributed by atoms with van der Waals surface area (Å²) < 4.78 is 6.61. The molecule has 6 N–H and O–H groups in total. The molecule has 1 aromatic rings. The Morgan fingerprint density at radius 2 is 2.21 bits per heavy atom. The molecule has 2 heterocycles. The molecule has 0 aromatic carbocycles. The number of nitrogens with zero attached hydrogens (tertiary/aromatic N) is 1. The zero-order valence-corrected chi connectivity index (χ0v) is 13.8. The number of hydrogen-bond donors (Lipinski definition) is 6. The molecule has 0 aliphatic carbocycles. The third-order valence-electron chi connectivity index (χ3n) is 4.25. The molecule has 2 rings (SSSR count). The number of aromatic amines is 1. The number of carbonyl (C=O) groups is 1. The molecule has 0 radical (unpaired) electrons. The number of aliphatic hydroxyl groups is 3. The SMILES string of the molecule is CN[C@@]1(O)[C@H](O)[C@@H](CO)O[C@@]1(C)n1cc(CC(=O)O)c(=O)[nH]c1=S. The van der Waals surface area contributed by atoms with Gasteiger partial charge in [-0.3, -0.25) is 24.5 Å². The molecule has 0 bridgehead atoms. The third kappa shape index (κ3) is 2.68. The highest BCUT2D eigenvalue weighted by atomic mass is 32.1. The lowest BCUT2D eigenvalue weighted by Crippen LogP contribution is -2.64. The van der Waals surface area contributed by atoms with E-state index >= 15 is 0 Å². The molecule has 0 saturated carbocycles. The van der Waals surface area contributed by atoms with Crippen molar-refractivity contribution in [3.63, 3.8) is 0 Å². The molecule has 134 valence electrons. The Morgan fingerprint density at radius 1 is 1.58 bits per heavy atom. The summed E-state index contributed by atoms with van der Waals surface area (Å²) in [7, 11) is 1.37. The Balaban J connectivity index is 2.67. The van der Waals surface area contributed by atoms with Gasteiger partial charge < -0.3 is 25.2 Å². The van der Waals surface area contributed by atoms with E-state index in [1.807, 2.05) is 0 Å². The van der Waals surface area contributed by atoms with Gasteiger partial charge in [0.15, 0.2) is 16.2 Å². The standard InChI is InChI=1S/C13H19N3O7S/c1-12(13(22,14-2)9(20)7(5-17)23-12)16-4-6(3-8(18)19)10(21)15-11(16)24/h4,7,9,14,17,20,22H,3,5H2,1-2H3,(H,18,19)(H,15,21,24)/t7-,9-,12-,13-/m1/s1. The monoisotopic (exact) mass is 361 g/mol. The van der Waals surface area contributed by atoms with Crippen LogP contribution in [-0.2, 0) is 21.7 Å². The Bertz CT molecular complexity index is 763. The number of rotatable bonds is 5. The van der Waals surface area contributed by atoms with Gasteiger partial charge in [-0.2, -0.15) is 0 Å². The first kappa shape index (κ1) is 18.7. The molecule has 4 atom stereocenters. The van der Waals surface area contributed by atoms with Crippen LogP contribution in [0.2, 0.25) is 0 Å². The number of ether oxygens (including phenoxy) is 1. The number of aliphatic hydroxyl groups excluding tert-OH is 2. The summed E-state index contributed by atoms with van der Waals surface area (Å²) in [6, 6.07) is 0. The van der Waals surface area contributed by atoms with Crippen LogP contribution in [0.25, 0.3) is 0 Å². The summed E-state index contributed by atoms with van der Waals surface area (Å²) in [5.74, 6) is -1.22. The second-order valence-electron chi connectivity index (χ2n) is 5.64. The highest BCUT2D eigenvalue weighted by Gasteiger charge is 2.63. The van der Waals surface area contributed by atoms with Crippen molar-refractivity contribution in [3.05, 3.63) is 26.9 Å². The third-order valence-corrected chi connectivity index (χ3v) is 4.55. The number of carboxylic acid groups (broad SMARTS) is 1. The van der Waals surface area contributed by atoms with Crippen molar-refractivity contribution in [1.82, 2.24) is 14.9 Å². The van der Waals surface area contributed by atoms with Crippen LogP contribution in [0.5, 0.6) is 0 Å². The van der Waals surface area contributed by atoms with Crippen LogP contribution < -0.4 is 10.9 Å². The Morgan fingerprint density at radius 3 is 2.71 bits per heavy atom. The van der Waals surface area contributed by atoms with Crippen molar-refractivity contribution in [2.45, 2.75) is 37.0 Å². The van der Waals surface area contributed by atoms with Crippen molar-refractivity contribution < 1.29 is 30.0 Å². The lowest BCUT2D eigenvalue weighted by Gasteiger charge is -2.40. The number of likely N-dealkylation sites (N-methyl/N-ethyl adjacent to an activating group) is 1. The highest BCUT2D eigenvalue weighted by Crippen LogP contribution is 2.41. The second-order valence-corrected chi connectivity index (χ2v) is 6.02. The molecular formula is C13H19N3O7S. The van der Waals surface area contributed by atoms with Gasteiger partial charge in [-0.15, -0.1) is 0 Å². The summed E-state index contributed by atoms with van der Waals surface area (Å²) in [6.07, 6.45) is -2.03. The van der Waals surface area contributed by atoms with E-state index in [2.05, 4.69) is 10.3 Å². The van der Waals surface area contributed by atoms with Crippen molar-refractivity contribution >= 4 is 18.2 Å². The average Bonchev–Trinajstić information content (AvgIpc) is 2.71. The van der Waals surface area contributed by atoms with Crippen LogP contribution in [0.4, 0.5) is 0 Å². The van der Waals surface area contributed by atoms with E-state index in [0.29, 0.717) is 0 Å². The normalized spacial score (nSPS) is 32.9. The lowest BCUT2D eigenvalue weighted by molar-refractivity contribution is -0.198. The van der Waals surface area contributed by atoms with Gasteiger partial charge in [0.2, 0.25) is 0 Å². The molecule has 1 aliphatic heterocycles. The van der Waals surface area contributed by atoms with Gasteiger partial charge in [-0.05, 0) is 26.2 Å². The van der Waals surface area contributed by atoms with Crippen molar-refractivity contribution in [2.24, 2.45) is 0 Å². The number of H-pyrrole nitrogens is 1. The van der Waals surface area contributed by atoms with Gasteiger partial charge in [-0.1, -0.05) is 0 Å². The molecule has 11 heteroatoms. The largest absolute Gasteiger partial charge is 0.481 e. The molecule has 0 spiro atoms. The zero-order chi connectivity index (χ0) is 18.3. The van der Waals surface area contributed by atoms with E-state index in [1.165, 1.54) is 14.0 Å². The van der Waals surface area contributed by atoms with Gasteiger partial charge >= 0.3 is 5.97 Å². The molecule has 1 fully saturated rings. The van der Waals surface area contributed by atoms with Crippen molar-refractivity contribution in [3.8, 4) is 0 Å². The van der Waals surface area contributed by atoms with Gasteiger partial charge in [-0.25, -0.2) is 0 Å². The minimum atomic E-state index is -2.06. The zero-order valence-electron chi connectivity index (χ0n) is 13.0. The van der Waals surface area contributed by atoms with Crippen LogP contribution in [0.15, 0.2) is 11.0 Å². The summed E-state index contributed by atoms with van der Waals surface area (Å²) in [6.45, 7) is 0.820. The van der Waals surface area contributed by atoms with E-state index < -0.39 is 48.2 Å². The van der Waals surface area contributed by atoms with Crippen LogP contribution in [0.1, 0.15) is 12.5 Å². The molecule has 1 aromatic heterocycles. The summed E-state index contributed by atoms with van der Waals surface area (Å²) in [4.78, 5) is 25.1. The first-order valence-corrected chi connectivity index (χ1v) is 7.46. The average molecular weight is 361 g/mol. The summed E-state index contributed by atoms with van der Waals surface area (Å²) >= 11 is 5.08. The smallest absolute Gasteiger partial charge is 0.308 e. The maximum absolute atomic E-state index is 11.9. The molecule has 0 amide bonds. The predicted octanol–water partition coefficient (Wildman–Crippen LogP) is -2.13. The van der Waals surface area contributed by atoms with Gasteiger partial charge in [0.25, 0.3) is 5.56 Å². The van der Waals surface area contributed by atoms with E-state index in [0.717, 1.165) is 10.8 Å². The number of aliphatic carboxylic acids is 1. The summed E-state index contributed by atoms with van der Waals surface area (Å²) in [5, 5.41) is 41.9. The molecule has 0 unspecified atom stereocenters. The summed E-state index contributed by atoms with van der Waals surface area (Å²) in [5.41, 5.74) is -4.56. The number of carboxylic acids is 1. The lowest BCUT2D eigenvalue weighted by atomic mass is 9.95. The molecule has 24 heavy (non-hydrogen) atoms. The Hall–Kier alpha value is -1.63. The first-order valence-electron chi connectivity index (χ1n) is 7.06. The molecule has 1 aliphatic rings. The van der Waals surface area contributed by atoms with Crippen LogP contribution in [0.3, 0.4) is 0 Å². The van der Waals surface area contributed by atoms with E-state index in [9.17, 15) is 24.9 Å². The topological polar surface area (TPSA) is 157 Å². The maximum Gasteiger partial charge on any atom is 0.308 e. The molecule has 1 saturated heterocycles. The molecular weight excluding hydrogens is 342 g/mol.